The Morgan fingerprint density at radius 1 is 1.06 bits per heavy atom. The van der Waals surface area contributed by atoms with E-state index in [0.717, 1.165) is 16.5 Å². The molecule has 3 aromatic heterocycles. The fourth-order valence-corrected chi connectivity index (χ4v) is 4.83. The summed E-state index contributed by atoms with van der Waals surface area (Å²) in [5.41, 5.74) is 1.83. The molecule has 170 valence electrons. The van der Waals surface area contributed by atoms with Gasteiger partial charge in [0.1, 0.15) is 5.82 Å². The number of halogens is 1. The first-order chi connectivity index (χ1) is 16.5. The Balaban J connectivity index is 1.65. The maximum atomic E-state index is 14.1. The molecule has 5 rings (SSSR count). The van der Waals surface area contributed by atoms with Crippen molar-refractivity contribution < 1.29 is 13.9 Å². The van der Waals surface area contributed by atoms with Crippen LogP contribution in [0, 0.1) is 12.7 Å². The Bertz CT molecular complexity index is 1510. The van der Waals surface area contributed by atoms with Crippen LogP contribution in [0.25, 0.3) is 32.6 Å². The fourth-order valence-electron chi connectivity index (χ4n) is 3.81. The third kappa shape index (κ3) is 4.01. The van der Waals surface area contributed by atoms with Crippen LogP contribution in [0.15, 0.2) is 76.3 Å². The fraction of sp³-hybridized carbons (Fsp3) is 0.120. The average molecular weight is 475 g/mol. The molecular formula is C25H19FN4O3S. The highest BCUT2D eigenvalue weighted by Gasteiger charge is 2.22. The van der Waals surface area contributed by atoms with Gasteiger partial charge >= 0.3 is 0 Å². The number of hydrogen-bond donors (Lipinski definition) is 1. The van der Waals surface area contributed by atoms with E-state index in [-0.39, 0.29) is 16.9 Å². The summed E-state index contributed by atoms with van der Waals surface area (Å²) >= 11 is 1.34. The van der Waals surface area contributed by atoms with Gasteiger partial charge in [-0.2, -0.15) is 0 Å². The Kier molecular flexibility index (Phi) is 5.77. The molecule has 0 saturated carbocycles. The van der Waals surface area contributed by atoms with Crippen LogP contribution in [-0.4, -0.2) is 24.9 Å². The number of para-hydroxylation sites is 1. The normalized spacial score (nSPS) is 11.1. The summed E-state index contributed by atoms with van der Waals surface area (Å²) in [7, 11) is 0. The van der Waals surface area contributed by atoms with E-state index in [4.69, 9.17) is 4.42 Å². The maximum Gasteiger partial charge on any atom is 0.262 e. The monoisotopic (exact) mass is 474 g/mol. The number of rotatable bonds is 6. The second-order valence-electron chi connectivity index (χ2n) is 7.63. The van der Waals surface area contributed by atoms with Gasteiger partial charge in [-0.3, -0.25) is 9.36 Å². The van der Waals surface area contributed by atoms with Gasteiger partial charge in [0.2, 0.25) is 6.39 Å². The van der Waals surface area contributed by atoms with Gasteiger partial charge in [0, 0.05) is 11.4 Å². The van der Waals surface area contributed by atoms with E-state index in [1.165, 1.54) is 28.4 Å². The zero-order valence-electron chi connectivity index (χ0n) is 18.1. The smallest absolute Gasteiger partial charge is 0.262 e. The highest BCUT2D eigenvalue weighted by atomic mass is 32.1. The van der Waals surface area contributed by atoms with Gasteiger partial charge in [0.25, 0.3) is 11.4 Å². The summed E-state index contributed by atoms with van der Waals surface area (Å²) in [6, 6.07) is 17.6. The molecule has 0 unspecified atom stereocenters. The number of aromatic hydroxyl groups is 1. The van der Waals surface area contributed by atoms with Crippen molar-refractivity contribution in [1.82, 2.24) is 19.7 Å². The van der Waals surface area contributed by atoms with Crippen LogP contribution in [0.1, 0.15) is 11.3 Å². The number of nitrogens with zero attached hydrogens (tertiary/aromatic N) is 4. The summed E-state index contributed by atoms with van der Waals surface area (Å²) in [6.45, 7) is 2.03. The molecule has 0 bridgehead atoms. The van der Waals surface area contributed by atoms with Crippen molar-refractivity contribution in [3.8, 4) is 38.3 Å². The number of phenols is 1. The number of aromatic nitrogens is 4. The molecule has 5 aromatic rings. The molecule has 0 radical (unpaired) electrons. The molecule has 1 N–H and O–H groups in total. The SMILES string of the molecule is Cc1nc(-c2cccc(F)c2O)n(CCc2ccccc2)c(=O)c1-c1ccc(-c2nnco2)s1. The highest BCUT2D eigenvalue weighted by molar-refractivity contribution is 7.18. The van der Waals surface area contributed by atoms with E-state index >= 15 is 0 Å². The third-order valence-electron chi connectivity index (χ3n) is 5.47. The number of thiophene rings is 1. The molecule has 0 amide bonds. The van der Waals surface area contributed by atoms with Gasteiger partial charge in [-0.1, -0.05) is 36.4 Å². The lowest BCUT2D eigenvalue weighted by Crippen LogP contribution is -2.27. The summed E-state index contributed by atoms with van der Waals surface area (Å²) in [6.07, 6.45) is 1.81. The molecule has 0 aliphatic heterocycles. The molecule has 0 atom stereocenters. The molecule has 0 fully saturated rings. The largest absolute Gasteiger partial charge is 0.504 e. The van der Waals surface area contributed by atoms with Crippen LogP contribution in [0.2, 0.25) is 0 Å². The topological polar surface area (TPSA) is 94.0 Å². The quantitative estimate of drug-likeness (QED) is 0.369. The molecule has 0 saturated heterocycles. The first-order valence-corrected chi connectivity index (χ1v) is 11.3. The van der Waals surface area contributed by atoms with Crippen LogP contribution in [0.5, 0.6) is 5.75 Å². The molecule has 7 nitrogen and oxygen atoms in total. The molecule has 3 heterocycles. The number of aryl methyl sites for hydroxylation is 2. The van der Waals surface area contributed by atoms with Crippen LogP contribution in [0.3, 0.4) is 0 Å². The summed E-state index contributed by atoms with van der Waals surface area (Å²) in [4.78, 5) is 19.9. The van der Waals surface area contributed by atoms with Gasteiger partial charge in [0.15, 0.2) is 11.6 Å². The van der Waals surface area contributed by atoms with E-state index in [0.29, 0.717) is 35.0 Å². The number of benzene rings is 2. The van der Waals surface area contributed by atoms with Crippen LogP contribution in [-0.2, 0) is 13.0 Å². The Morgan fingerprint density at radius 2 is 1.85 bits per heavy atom. The minimum Gasteiger partial charge on any atom is -0.504 e. The van der Waals surface area contributed by atoms with E-state index < -0.39 is 11.6 Å². The van der Waals surface area contributed by atoms with Crippen molar-refractivity contribution in [2.75, 3.05) is 0 Å². The van der Waals surface area contributed by atoms with Gasteiger partial charge in [-0.15, -0.1) is 21.5 Å². The Labute approximate surface area is 197 Å². The second kappa shape index (κ2) is 9.03. The van der Waals surface area contributed by atoms with E-state index in [2.05, 4.69) is 15.2 Å². The summed E-state index contributed by atoms with van der Waals surface area (Å²) in [5.74, 6) is -0.726. The van der Waals surface area contributed by atoms with Crippen molar-refractivity contribution in [1.29, 1.82) is 0 Å². The molecule has 0 aliphatic carbocycles. The zero-order chi connectivity index (χ0) is 23.7. The van der Waals surface area contributed by atoms with Crippen molar-refractivity contribution in [2.45, 2.75) is 19.9 Å². The van der Waals surface area contributed by atoms with Gasteiger partial charge in [-0.05, 0) is 43.2 Å². The van der Waals surface area contributed by atoms with E-state index in [1.807, 2.05) is 42.5 Å². The molecular weight excluding hydrogens is 455 g/mol. The first kappa shape index (κ1) is 21.7. The van der Waals surface area contributed by atoms with Crippen molar-refractivity contribution >= 4 is 11.3 Å². The minimum absolute atomic E-state index is 0.164. The van der Waals surface area contributed by atoms with Crippen LogP contribution < -0.4 is 5.56 Å². The summed E-state index contributed by atoms with van der Waals surface area (Å²) in [5, 5.41) is 18.0. The van der Waals surface area contributed by atoms with Gasteiger partial charge < -0.3 is 9.52 Å². The van der Waals surface area contributed by atoms with E-state index in [1.54, 1.807) is 13.0 Å². The predicted octanol–water partition coefficient (Wildman–Crippen LogP) is 5.08. The lowest BCUT2D eigenvalue weighted by atomic mass is 10.1. The molecule has 0 aliphatic rings. The molecule has 34 heavy (non-hydrogen) atoms. The van der Waals surface area contributed by atoms with Crippen molar-refractivity contribution in [3.63, 3.8) is 0 Å². The Morgan fingerprint density at radius 3 is 2.62 bits per heavy atom. The second-order valence-corrected chi connectivity index (χ2v) is 8.72. The molecule has 2 aromatic carbocycles. The van der Waals surface area contributed by atoms with E-state index in [9.17, 15) is 14.3 Å². The maximum absolute atomic E-state index is 14.1. The first-order valence-electron chi connectivity index (χ1n) is 10.5. The van der Waals surface area contributed by atoms with Crippen molar-refractivity contribution in [2.24, 2.45) is 0 Å². The standard InChI is InChI=1S/C25H19FN4O3S/c1-15-21(19-10-11-20(34-19)24-29-27-14-33-24)25(32)30(13-12-16-6-3-2-4-7-16)23(28-15)17-8-5-9-18(26)22(17)31/h2-11,14,31H,12-13H2,1H3. The number of hydrogen-bond acceptors (Lipinski definition) is 7. The Hall–Kier alpha value is -4.11. The lowest BCUT2D eigenvalue weighted by molar-refractivity contribution is 0.433. The number of phenolic OH excluding ortho intramolecular Hbond substituents is 1. The zero-order valence-corrected chi connectivity index (χ0v) is 18.9. The van der Waals surface area contributed by atoms with Gasteiger partial charge in [0.05, 0.1) is 21.7 Å². The third-order valence-corrected chi connectivity index (χ3v) is 6.56. The van der Waals surface area contributed by atoms with Crippen LogP contribution >= 0.6 is 11.3 Å². The van der Waals surface area contributed by atoms with Crippen molar-refractivity contribution in [3.05, 3.63) is 94.5 Å². The summed E-state index contributed by atoms with van der Waals surface area (Å²) < 4.78 is 20.9. The highest BCUT2D eigenvalue weighted by Crippen LogP contribution is 2.35. The predicted molar refractivity (Wildman–Crippen MR) is 127 cm³/mol. The van der Waals surface area contributed by atoms with Crippen LogP contribution in [0.4, 0.5) is 4.39 Å². The minimum atomic E-state index is -0.773. The molecule has 9 heteroatoms. The lowest BCUT2D eigenvalue weighted by Gasteiger charge is -2.16. The van der Waals surface area contributed by atoms with Gasteiger partial charge in [-0.25, -0.2) is 9.37 Å². The molecule has 0 spiro atoms. The average Bonchev–Trinajstić information content (AvgIpc) is 3.53.